The van der Waals surface area contributed by atoms with E-state index in [-0.39, 0.29) is 0 Å². The third-order valence-electron chi connectivity index (χ3n) is 4.60. The van der Waals surface area contributed by atoms with Crippen molar-refractivity contribution in [2.75, 3.05) is 7.05 Å². The van der Waals surface area contributed by atoms with Crippen LogP contribution in [0.4, 0.5) is 0 Å². The van der Waals surface area contributed by atoms with E-state index in [4.69, 9.17) is 0 Å². The third-order valence-corrected chi connectivity index (χ3v) is 4.60. The molecule has 1 fully saturated rings. The van der Waals surface area contributed by atoms with Crippen molar-refractivity contribution < 1.29 is 9.90 Å². The van der Waals surface area contributed by atoms with E-state index in [0.717, 1.165) is 11.3 Å². The number of carbonyl (C=O) groups is 1. The van der Waals surface area contributed by atoms with Crippen molar-refractivity contribution in [2.24, 2.45) is 5.92 Å². The molecule has 0 spiro atoms. The van der Waals surface area contributed by atoms with Crippen LogP contribution in [0.2, 0.25) is 0 Å². The molecule has 0 aromatic carbocycles. The van der Waals surface area contributed by atoms with Crippen LogP contribution in [0.5, 0.6) is 0 Å². The van der Waals surface area contributed by atoms with Crippen LogP contribution in [0.25, 0.3) is 6.08 Å². The molecule has 20 heavy (non-hydrogen) atoms. The van der Waals surface area contributed by atoms with Crippen LogP contribution in [-0.2, 0) is 6.42 Å². The van der Waals surface area contributed by atoms with Crippen LogP contribution in [0.1, 0.15) is 47.3 Å². The van der Waals surface area contributed by atoms with Gasteiger partial charge in [-0.1, -0.05) is 12.8 Å². The maximum atomic E-state index is 11.3. The molecule has 106 valence electrons. The predicted octanol–water partition coefficient (Wildman–Crippen LogP) is 2.50. The fraction of sp³-hybridized carbons (Fsp3) is 0.500. The molecule has 0 bridgehead atoms. The number of nitrogens with zero attached hydrogens (tertiary/aromatic N) is 1. The van der Waals surface area contributed by atoms with Gasteiger partial charge in [-0.2, -0.15) is 0 Å². The summed E-state index contributed by atoms with van der Waals surface area (Å²) in [4.78, 5) is 15.6. The van der Waals surface area contributed by atoms with Crippen molar-refractivity contribution in [1.82, 2.24) is 10.3 Å². The van der Waals surface area contributed by atoms with Crippen LogP contribution in [0, 0.1) is 5.92 Å². The molecule has 4 nitrogen and oxygen atoms in total. The van der Waals surface area contributed by atoms with Crippen molar-refractivity contribution in [3.05, 3.63) is 34.7 Å². The number of carboxylic acid groups (broad SMARTS) is 1. The minimum Gasteiger partial charge on any atom is -0.478 e. The Balaban J connectivity index is 1.88. The Morgan fingerprint density at radius 3 is 2.85 bits per heavy atom. The van der Waals surface area contributed by atoms with E-state index in [1.807, 2.05) is 7.05 Å². The summed E-state index contributed by atoms with van der Waals surface area (Å²) < 4.78 is 0. The van der Waals surface area contributed by atoms with Gasteiger partial charge < -0.3 is 10.4 Å². The van der Waals surface area contributed by atoms with E-state index in [0.29, 0.717) is 23.9 Å². The molecule has 4 heteroatoms. The summed E-state index contributed by atoms with van der Waals surface area (Å²) in [5.41, 5.74) is 3.38. The van der Waals surface area contributed by atoms with Gasteiger partial charge in [-0.05, 0) is 55.5 Å². The number of fused-ring (bicyclic) bond motifs is 1. The molecule has 0 aliphatic heterocycles. The topological polar surface area (TPSA) is 62.2 Å². The van der Waals surface area contributed by atoms with Gasteiger partial charge in [0, 0.05) is 12.2 Å². The zero-order valence-corrected chi connectivity index (χ0v) is 11.7. The average molecular weight is 272 g/mol. The number of likely N-dealkylation sites (N-methyl/N-ethyl adjacent to an activating group) is 1. The Bertz CT molecular complexity index is 560. The molecular weight excluding hydrogens is 252 g/mol. The van der Waals surface area contributed by atoms with Crippen molar-refractivity contribution in [3.8, 4) is 0 Å². The molecule has 2 N–H and O–H groups in total. The molecule has 1 unspecified atom stereocenters. The quantitative estimate of drug-likeness (QED) is 0.884. The van der Waals surface area contributed by atoms with Gasteiger partial charge in [-0.25, -0.2) is 4.79 Å². The first-order valence-electron chi connectivity index (χ1n) is 7.29. The first-order chi connectivity index (χ1) is 9.70. The second kappa shape index (κ2) is 5.37. The average Bonchev–Trinajstić information content (AvgIpc) is 3.07. The van der Waals surface area contributed by atoms with Gasteiger partial charge in [-0.3, -0.25) is 4.98 Å². The summed E-state index contributed by atoms with van der Waals surface area (Å²) in [5.74, 6) is -0.186. The molecule has 0 radical (unpaired) electrons. The van der Waals surface area contributed by atoms with E-state index < -0.39 is 5.97 Å². The number of nitrogens with one attached hydrogen (secondary N) is 1. The lowest BCUT2D eigenvalue weighted by atomic mass is 9.90. The van der Waals surface area contributed by atoms with Crippen molar-refractivity contribution in [1.29, 1.82) is 0 Å². The van der Waals surface area contributed by atoms with Gasteiger partial charge in [0.15, 0.2) is 0 Å². The molecule has 2 aliphatic carbocycles. The highest BCUT2D eigenvalue weighted by Gasteiger charge is 2.30. The molecule has 1 atom stereocenters. The van der Waals surface area contributed by atoms with Crippen molar-refractivity contribution >= 4 is 12.0 Å². The Morgan fingerprint density at radius 1 is 1.45 bits per heavy atom. The Morgan fingerprint density at radius 2 is 2.20 bits per heavy atom. The van der Waals surface area contributed by atoms with Gasteiger partial charge in [0.1, 0.15) is 0 Å². The van der Waals surface area contributed by atoms with Crippen LogP contribution in [0.3, 0.4) is 0 Å². The third kappa shape index (κ3) is 2.24. The van der Waals surface area contributed by atoms with E-state index in [1.165, 1.54) is 31.3 Å². The van der Waals surface area contributed by atoms with Crippen molar-refractivity contribution in [3.63, 3.8) is 0 Å². The highest BCUT2D eigenvalue weighted by atomic mass is 16.4. The maximum Gasteiger partial charge on any atom is 0.336 e. The molecule has 0 amide bonds. The minimum atomic E-state index is -0.861. The molecule has 3 rings (SSSR count). The van der Waals surface area contributed by atoms with Gasteiger partial charge in [0.2, 0.25) is 0 Å². The standard InChI is InChI=1S/C16H20N2O2/c1-17-15(10-4-2-3-5-10)11-8-13-12(16(19)20)6-7-18-14(13)9-11/h6-7,9-10,15,17H,2-5,8H2,1H3,(H,19,20). The van der Waals surface area contributed by atoms with Crippen molar-refractivity contribution in [2.45, 2.75) is 38.1 Å². The summed E-state index contributed by atoms with van der Waals surface area (Å²) in [6.07, 6.45) is 9.53. The normalized spacial score (nSPS) is 19.8. The molecule has 1 saturated carbocycles. The number of aromatic carboxylic acids is 1. The summed E-state index contributed by atoms with van der Waals surface area (Å²) in [6.45, 7) is 0. The summed E-state index contributed by atoms with van der Waals surface area (Å²) >= 11 is 0. The second-order valence-corrected chi connectivity index (χ2v) is 5.73. The highest BCUT2D eigenvalue weighted by Crippen LogP contribution is 2.35. The SMILES string of the molecule is CNC(C1=Cc2nccc(C(=O)O)c2C1)C1CCCC1. The zero-order valence-electron chi connectivity index (χ0n) is 11.7. The van der Waals surface area contributed by atoms with E-state index in [9.17, 15) is 9.90 Å². The maximum absolute atomic E-state index is 11.3. The van der Waals surface area contributed by atoms with Gasteiger partial charge in [0.05, 0.1) is 11.3 Å². The smallest absolute Gasteiger partial charge is 0.336 e. The summed E-state index contributed by atoms with van der Waals surface area (Å²) in [5, 5.41) is 12.7. The molecule has 2 aliphatic rings. The number of carboxylic acids is 1. The Kier molecular flexibility index (Phi) is 3.57. The van der Waals surface area contributed by atoms with Gasteiger partial charge in [0.25, 0.3) is 0 Å². The van der Waals surface area contributed by atoms with Gasteiger partial charge >= 0.3 is 5.97 Å². The molecule has 0 saturated heterocycles. The lowest BCUT2D eigenvalue weighted by Gasteiger charge is -2.24. The van der Waals surface area contributed by atoms with E-state index in [1.54, 1.807) is 12.3 Å². The fourth-order valence-corrected chi connectivity index (χ4v) is 3.66. The predicted molar refractivity (Wildman–Crippen MR) is 77.7 cm³/mol. The van der Waals surface area contributed by atoms with Crippen LogP contribution < -0.4 is 5.32 Å². The lowest BCUT2D eigenvalue weighted by molar-refractivity contribution is 0.0695. The Labute approximate surface area is 118 Å². The molecular formula is C16H20N2O2. The monoisotopic (exact) mass is 272 g/mol. The number of hydrogen-bond donors (Lipinski definition) is 2. The molecule has 1 aromatic heterocycles. The summed E-state index contributed by atoms with van der Waals surface area (Å²) in [7, 11) is 2.00. The van der Waals surface area contributed by atoms with Crippen LogP contribution >= 0.6 is 0 Å². The molecule has 1 heterocycles. The number of hydrogen-bond acceptors (Lipinski definition) is 3. The largest absolute Gasteiger partial charge is 0.478 e. The van der Waals surface area contributed by atoms with E-state index >= 15 is 0 Å². The number of rotatable bonds is 4. The first kappa shape index (κ1) is 13.3. The molecule has 1 aromatic rings. The first-order valence-corrected chi connectivity index (χ1v) is 7.29. The van der Waals surface area contributed by atoms with Gasteiger partial charge in [-0.15, -0.1) is 0 Å². The fourth-order valence-electron chi connectivity index (χ4n) is 3.66. The lowest BCUT2D eigenvalue weighted by Crippen LogP contribution is -2.34. The highest BCUT2D eigenvalue weighted by molar-refractivity contribution is 5.91. The summed E-state index contributed by atoms with van der Waals surface area (Å²) in [6, 6.07) is 1.95. The number of pyridine rings is 1. The van der Waals surface area contributed by atoms with Crippen LogP contribution in [0.15, 0.2) is 17.8 Å². The van der Waals surface area contributed by atoms with E-state index in [2.05, 4.69) is 16.4 Å². The zero-order chi connectivity index (χ0) is 14.1. The minimum absolute atomic E-state index is 0.355. The second-order valence-electron chi connectivity index (χ2n) is 5.73. The van der Waals surface area contributed by atoms with Crippen LogP contribution in [-0.4, -0.2) is 29.1 Å². The Hall–Kier alpha value is -1.68. The number of aromatic nitrogens is 1.